The first kappa shape index (κ1) is 18.2. The summed E-state index contributed by atoms with van der Waals surface area (Å²) in [6, 6.07) is 10.5. The number of anilines is 1. The number of rotatable bonds is 2. The number of hydrogen-bond donors (Lipinski definition) is 1. The van der Waals surface area contributed by atoms with Gasteiger partial charge in [-0.25, -0.2) is 4.98 Å². The fraction of sp³-hybridized carbons (Fsp3) is 0.333. The van der Waals surface area contributed by atoms with Gasteiger partial charge in [0.25, 0.3) is 5.91 Å². The van der Waals surface area contributed by atoms with E-state index >= 15 is 0 Å². The Morgan fingerprint density at radius 2 is 1.93 bits per heavy atom. The molecular weight excluding hydrogens is 358 g/mol. The molecule has 1 N–H and O–H groups in total. The number of pyridine rings is 1. The molecule has 7 nitrogen and oxygen atoms in total. The Bertz CT molecular complexity index is 948. The molecule has 0 saturated carbocycles. The molecule has 28 heavy (non-hydrogen) atoms. The van der Waals surface area contributed by atoms with Crippen molar-refractivity contribution in [3.63, 3.8) is 0 Å². The molecule has 1 aromatic heterocycles. The van der Waals surface area contributed by atoms with Gasteiger partial charge in [0.15, 0.2) is 5.78 Å². The molecular formula is C21H21N3O4. The van der Waals surface area contributed by atoms with Gasteiger partial charge in [0.1, 0.15) is 17.2 Å². The molecule has 1 aromatic carbocycles. The summed E-state index contributed by atoms with van der Waals surface area (Å²) < 4.78 is 6.21. The molecule has 0 aliphatic carbocycles. The number of likely N-dealkylation sites (tertiary alicyclic amines) is 1. The van der Waals surface area contributed by atoms with E-state index in [-0.39, 0.29) is 17.6 Å². The van der Waals surface area contributed by atoms with E-state index in [2.05, 4.69) is 10.3 Å². The van der Waals surface area contributed by atoms with Crippen molar-refractivity contribution < 1.29 is 19.1 Å². The molecule has 2 aliphatic rings. The molecule has 0 radical (unpaired) electrons. The van der Waals surface area contributed by atoms with Crippen LogP contribution in [0.5, 0.6) is 5.75 Å². The van der Waals surface area contributed by atoms with E-state index in [4.69, 9.17) is 4.74 Å². The first-order chi connectivity index (χ1) is 13.5. The van der Waals surface area contributed by atoms with Crippen molar-refractivity contribution in [2.75, 3.05) is 18.4 Å². The standard InChI is InChI=1S/C21H21N3O4/c1-14(25)23-19-12-15(6-9-22-19)20(27)24-10-7-21(8-11-24)13-17(26)16-4-2-3-5-18(16)28-21/h2-6,9,12H,7-8,10-11,13H2,1H3,(H,22,23,25). The highest BCUT2D eigenvalue weighted by atomic mass is 16.5. The molecule has 2 amide bonds. The van der Waals surface area contributed by atoms with E-state index in [1.807, 2.05) is 18.2 Å². The van der Waals surface area contributed by atoms with Crippen molar-refractivity contribution >= 4 is 23.4 Å². The van der Waals surface area contributed by atoms with Crippen molar-refractivity contribution in [1.82, 2.24) is 9.88 Å². The number of carbonyl (C=O) groups is 3. The van der Waals surface area contributed by atoms with Crippen molar-refractivity contribution in [2.24, 2.45) is 0 Å². The number of carbonyl (C=O) groups excluding carboxylic acids is 3. The van der Waals surface area contributed by atoms with Crippen molar-refractivity contribution in [2.45, 2.75) is 31.8 Å². The lowest BCUT2D eigenvalue weighted by atomic mass is 9.82. The molecule has 0 atom stereocenters. The van der Waals surface area contributed by atoms with E-state index in [0.717, 1.165) is 0 Å². The average Bonchev–Trinajstić information content (AvgIpc) is 2.68. The highest BCUT2D eigenvalue weighted by molar-refractivity contribution is 6.00. The van der Waals surface area contributed by atoms with Crippen LogP contribution in [0.3, 0.4) is 0 Å². The summed E-state index contributed by atoms with van der Waals surface area (Å²) in [5.41, 5.74) is 0.566. The molecule has 1 saturated heterocycles. The number of amides is 2. The van der Waals surface area contributed by atoms with E-state index in [9.17, 15) is 14.4 Å². The van der Waals surface area contributed by atoms with E-state index in [0.29, 0.717) is 55.0 Å². The lowest BCUT2D eigenvalue weighted by Gasteiger charge is -2.44. The average molecular weight is 379 g/mol. The van der Waals surface area contributed by atoms with Crippen LogP contribution >= 0.6 is 0 Å². The summed E-state index contributed by atoms with van der Waals surface area (Å²) >= 11 is 0. The number of aromatic nitrogens is 1. The minimum absolute atomic E-state index is 0.0932. The maximum atomic E-state index is 12.8. The lowest BCUT2D eigenvalue weighted by Crippen LogP contribution is -2.52. The number of nitrogens with one attached hydrogen (secondary N) is 1. The number of hydrogen-bond acceptors (Lipinski definition) is 5. The Kier molecular flexibility index (Phi) is 4.58. The van der Waals surface area contributed by atoms with Crippen LogP contribution in [0.2, 0.25) is 0 Å². The summed E-state index contributed by atoms with van der Waals surface area (Å²) in [6.07, 6.45) is 3.04. The van der Waals surface area contributed by atoms with E-state index < -0.39 is 5.60 Å². The van der Waals surface area contributed by atoms with Crippen molar-refractivity contribution in [1.29, 1.82) is 0 Å². The van der Waals surface area contributed by atoms with E-state index in [1.165, 1.54) is 13.1 Å². The minimum Gasteiger partial charge on any atom is -0.486 e. The maximum absolute atomic E-state index is 12.8. The molecule has 4 rings (SSSR count). The van der Waals surface area contributed by atoms with Crippen LogP contribution in [0, 0.1) is 0 Å². The Morgan fingerprint density at radius 3 is 2.68 bits per heavy atom. The maximum Gasteiger partial charge on any atom is 0.254 e. The Hall–Kier alpha value is -3.22. The van der Waals surface area contributed by atoms with Gasteiger partial charge in [-0.3, -0.25) is 14.4 Å². The molecule has 3 heterocycles. The summed E-state index contributed by atoms with van der Waals surface area (Å²) in [4.78, 5) is 42.4. The summed E-state index contributed by atoms with van der Waals surface area (Å²) in [6.45, 7) is 2.40. The number of ether oxygens (including phenoxy) is 1. The Morgan fingerprint density at radius 1 is 1.18 bits per heavy atom. The largest absolute Gasteiger partial charge is 0.486 e. The monoisotopic (exact) mass is 379 g/mol. The number of Topliss-reactive ketones (excluding diaryl/α,β-unsaturated/α-hetero) is 1. The first-order valence-electron chi connectivity index (χ1n) is 9.30. The molecule has 0 unspecified atom stereocenters. The highest BCUT2D eigenvalue weighted by Crippen LogP contribution is 2.39. The first-order valence-corrected chi connectivity index (χ1v) is 9.30. The predicted molar refractivity (Wildman–Crippen MR) is 102 cm³/mol. The molecule has 144 valence electrons. The van der Waals surface area contributed by atoms with Gasteiger partial charge < -0.3 is 15.0 Å². The highest BCUT2D eigenvalue weighted by Gasteiger charge is 2.43. The molecule has 1 fully saturated rings. The van der Waals surface area contributed by atoms with Gasteiger partial charge in [-0.1, -0.05) is 12.1 Å². The van der Waals surface area contributed by atoms with Crippen LogP contribution in [-0.2, 0) is 4.79 Å². The normalized spacial score (nSPS) is 17.6. The van der Waals surface area contributed by atoms with Gasteiger partial charge in [-0.05, 0) is 24.3 Å². The van der Waals surface area contributed by atoms with Gasteiger partial charge in [0.05, 0.1) is 12.0 Å². The van der Waals surface area contributed by atoms with Crippen LogP contribution in [0.4, 0.5) is 5.82 Å². The minimum atomic E-state index is -0.540. The van der Waals surface area contributed by atoms with Crippen LogP contribution < -0.4 is 10.1 Å². The van der Waals surface area contributed by atoms with Gasteiger partial charge in [0.2, 0.25) is 5.91 Å². The summed E-state index contributed by atoms with van der Waals surface area (Å²) in [5.74, 6) is 0.718. The second-order valence-corrected chi connectivity index (χ2v) is 7.28. The van der Waals surface area contributed by atoms with Crippen LogP contribution in [0.1, 0.15) is 46.9 Å². The zero-order valence-corrected chi connectivity index (χ0v) is 15.6. The van der Waals surface area contributed by atoms with Crippen LogP contribution in [-0.4, -0.2) is 46.2 Å². The number of nitrogens with zero attached hydrogens (tertiary/aromatic N) is 2. The third kappa shape index (κ3) is 3.47. The second kappa shape index (κ2) is 7.07. The second-order valence-electron chi connectivity index (χ2n) is 7.28. The number of ketones is 1. The SMILES string of the molecule is CC(=O)Nc1cc(C(=O)N2CCC3(CC2)CC(=O)c2ccccc2O3)ccn1. The van der Waals surface area contributed by atoms with Gasteiger partial charge >= 0.3 is 0 Å². The van der Waals surface area contributed by atoms with E-state index in [1.54, 1.807) is 23.1 Å². The number of benzene rings is 1. The zero-order valence-electron chi connectivity index (χ0n) is 15.6. The molecule has 1 spiro atoms. The third-order valence-electron chi connectivity index (χ3n) is 5.27. The smallest absolute Gasteiger partial charge is 0.254 e. The molecule has 7 heteroatoms. The molecule has 2 aromatic rings. The Balaban J connectivity index is 1.45. The molecule has 2 aliphatic heterocycles. The van der Waals surface area contributed by atoms with Gasteiger partial charge in [0, 0.05) is 44.6 Å². The number of piperidine rings is 1. The fourth-order valence-corrected chi connectivity index (χ4v) is 3.83. The van der Waals surface area contributed by atoms with Crippen molar-refractivity contribution in [3.05, 3.63) is 53.7 Å². The van der Waals surface area contributed by atoms with Crippen molar-refractivity contribution in [3.8, 4) is 5.75 Å². The number of fused-ring (bicyclic) bond motifs is 1. The summed E-state index contributed by atoms with van der Waals surface area (Å²) in [5, 5.41) is 2.59. The molecule has 0 bridgehead atoms. The predicted octanol–water partition coefficient (Wildman–Crippen LogP) is 2.68. The lowest BCUT2D eigenvalue weighted by molar-refractivity contribution is -0.114. The topological polar surface area (TPSA) is 88.6 Å². The van der Waals surface area contributed by atoms with Gasteiger partial charge in [-0.15, -0.1) is 0 Å². The summed E-state index contributed by atoms with van der Waals surface area (Å²) in [7, 11) is 0. The van der Waals surface area contributed by atoms with Crippen LogP contribution in [0.15, 0.2) is 42.6 Å². The van der Waals surface area contributed by atoms with Crippen LogP contribution in [0.25, 0.3) is 0 Å². The fourth-order valence-electron chi connectivity index (χ4n) is 3.83. The van der Waals surface area contributed by atoms with Gasteiger partial charge in [-0.2, -0.15) is 0 Å². The zero-order chi connectivity index (χ0) is 19.7. The Labute approximate surface area is 162 Å². The third-order valence-corrected chi connectivity index (χ3v) is 5.27. The quantitative estimate of drug-likeness (QED) is 0.867. The number of para-hydroxylation sites is 1.